The number of pyridine rings is 1. The third-order valence-electron chi connectivity index (χ3n) is 3.07. The van der Waals surface area contributed by atoms with E-state index in [1.54, 1.807) is 0 Å². The van der Waals surface area contributed by atoms with Crippen molar-refractivity contribution in [1.82, 2.24) is 10.3 Å². The first-order valence-electron chi connectivity index (χ1n) is 6.86. The fourth-order valence-corrected chi connectivity index (χ4v) is 3.10. The molecule has 1 aromatic heterocycles. The molecular weight excluding hydrogens is 396 g/mol. The molecule has 0 bridgehead atoms. The van der Waals surface area contributed by atoms with E-state index in [1.807, 2.05) is 25.3 Å². The standard InChI is InChI=1S/C16H18Br2N2O/c1-2-21-11-13-6-4-3-5-12(13)8-19-10-16-15(18)7-14(17)9-20-16/h3-7,9,19H,2,8,10-11H2,1H3. The molecule has 0 radical (unpaired) electrons. The smallest absolute Gasteiger partial charge is 0.0719 e. The molecule has 1 heterocycles. The van der Waals surface area contributed by atoms with E-state index in [2.05, 4.69) is 60.4 Å². The molecule has 0 aliphatic heterocycles. The van der Waals surface area contributed by atoms with Crippen molar-refractivity contribution in [2.24, 2.45) is 0 Å². The monoisotopic (exact) mass is 412 g/mol. The van der Waals surface area contributed by atoms with Crippen LogP contribution in [0.5, 0.6) is 0 Å². The number of halogens is 2. The van der Waals surface area contributed by atoms with Gasteiger partial charge < -0.3 is 10.1 Å². The highest BCUT2D eigenvalue weighted by Gasteiger charge is 2.04. The maximum atomic E-state index is 5.50. The van der Waals surface area contributed by atoms with Gasteiger partial charge in [-0.1, -0.05) is 24.3 Å². The molecule has 5 heteroatoms. The largest absolute Gasteiger partial charge is 0.377 e. The van der Waals surface area contributed by atoms with Crippen molar-refractivity contribution >= 4 is 31.9 Å². The summed E-state index contributed by atoms with van der Waals surface area (Å²) in [4.78, 5) is 4.40. The highest BCUT2D eigenvalue weighted by Crippen LogP contribution is 2.19. The Morgan fingerprint density at radius 2 is 1.90 bits per heavy atom. The van der Waals surface area contributed by atoms with Gasteiger partial charge in [0.1, 0.15) is 0 Å². The van der Waals surface area contributed by atoms with E-state index >= 15 is 0 Å². The lowest BCUT2D eigenvalue weighted by Crippen LogP contribution is -2.15. The number of benzene rings is 1. The van der Waals surface area contributed by atoms with Gasteiger partial charge in [-0.15, -0.1) is 0 Å². The Labute approximate surface area is 142 Å². The van der Waals surface area contributed by atoms with Crippen LogP contribution in [0.3, 0.4) is 0 Å². The molecule has 0 aliphatic rings. The molecule has 0 atom stereocenters. The zero-order valence-electron chi connectivity index (χ0n) is 11.9. The molecule has 0 saturated heterocycles. The van der Waals surface area contributed by atoms with E-state index in [0.29, 0.717) is 6.61 Å². The van der Waals surface area contributed by atoms with Crippen molar-refractivity contribution in [1.29, 1.82) is 0 Å². The maximum absolute atomic E-state index is 5.50. The van der Waals surface area contributed by atoms with Gasteiger partial charge in [-0.25, -0.2) is 0 Å². The molecular formula is C16H18Br2N2O. The Morgan fingerprint density at radius 3 is 2.62 bits per heavy atom. The predicted octanol–water partition coefficient (Wildman–Crippen LogP) is 4.43. The molecule has 0 unspecified atom stereocenters. The average Bonchev–Trinajstić information content (AvgIpc) is 2.48. The third-order valence-corrected chi connectivity index (χ3v) is 4.19. The molecule has 3 nitrogen and oxygen atoms in total. The summed E-state index contributed by atoms with van der Waals surface area (Å²) in [5, 5.41) is 3.43. The van der Waals surface area contributed by atoms with Gasteiger partial charge in [0.05, 0.1) is 12.3 Å². The summed E-state index contributed by atoms with van der Waals surface area (Å²) >= 11 is 6.94. The van der Waals surface area contributed by atoms with Crippen LogP contribution in [0.15, 0.2) is 45.5 Å². The van der Waals surface area contributed by atoms with Crippen molar-refractivity contribution in [3.05, 3.63) is 62.3 Å². The van der Waals surface area contributed by atoms with Crippen LogP contribution in [0, 0.1) is 0 Å². The van der Waals surface area contributed by atoms with Crippen LogP contribution in [0.25, 0.3) is 0 Å². The molecule has 21 heavy (non-hydrogen) atoms. The van der Waals surface area contributed by atoms with Gasteiger partial charge in [-0.2, -0.15) is 0 Å². The normalized spacial score (nSPS) is 10.8. The number of hydrogen-bond acceptors (Lipinski definition) is 3. The fraction of sp³-hybridized carbons (Fsp3) is 0.312. The molecule has 1 N–H and O–H groups in total. The second kappa shape index (κ2) is 8.63. The number of hydrogen-bond donors (Lipinski definition) is 1. The second-order valence-corrected chi connectivity index (χ2v) is 6.36. The van der Waals surface area contributed by atoms with Crippen LogP contribution in [0.2, 0.25) is 0 Å². The lowest BCUT2D eigenvalue weighted by atomic mass is 10.1. The Kier molecular flexibility index (Phi) is 6.83. The third kappa shape index (κ3) is 5.18. The fourth-order valence-electron chi connectivity index (χ4n) is 1.97. The van der Waals surface area contributed by atoms with E-state index in [9.17, 15) is 0 Å². The van der Waals surface area contributed by atoms with Gasteiger partial charge in [0, 0.05) is 34.8 Å². The van der Waals surface area contributed by atoms with Crippen LogP contribution < -0.4 is 5.32 Å². The van der Waals surface area contributed by atoms with Crippen LogP contribution in [0.4, 0.5) is 0 Å². The van der Waals surface area contributed by atoms with Gasteiger partial charge in [-0.3, -0.25) is 4.98 Å². The number of nitrogens with zero attached hydrogens (tertiary/aromatic N) is 1. The SMILES string of the molecule is CCOCc1ccccc1CNCc1ncc(Br)cc1Br. The van der Waals surface area contributed by atoms with Crippen molar-refractivity contribution in [2.75, 3.05) is 6.61 Å². The van der Waals surface area contributed by atoms with E-state index < -0.39 is 0 Å². The number of nitrogens with one attached hydrogen (secondary N) is 1. The van der Waals surface area contributed by atoms with Crippen molar-refractivity contribution in [2.45, 2.75) is 26.6 Å². The van der Waals surface area contributed by atoms with Crippen molar-refractivity contribution < 1.29 is 4.74 Å². The van der Waals surface area contributed by atoms with Crippen molar-refractivity contribution in [3.8, 4) is 0 Å². The van der Waals surface area contributed by atoms with Crippen LogP contribution in [-0.2, 0) is 24.4 Å². The summed E-state index contributed by atoms with van der Waals surface area (Å²) in [5.74, 6) is 0. The number of aromatic nitrogens is 1. The topological polar surface area (TPSA) is 34.1 Å². The summed E-state index contributed by atoms with van der Waals surface area (Å²) in [6.45, 7) is 4.92. The zero-order valence-corrected chi connectivity index (χ0v) is 15.1. The molecule has 0 spiro atoms. The first-order valence-corrected chi connectivity index (χ1v) is 8.44. The minimum absolute atomic E-state index is 0.661. The predicted molar refractivity (Wildman–Crippen MR) is 92.0 cm³/mol. The van der Waals surface area contributed by atoms with Crippen LogP contribution >= 0.6 is 31.9 Å². The van der Waals surface area contributed by atoms with Gasteiger partial charge in [-0.05, 0) is 56.0 Å². The maximum Gasteiger partial charge on any atom is 0.0719 e. The highest BCUT2D eigenvalue weighted by molar-refractivity contribution is 9.11. The molecule has 0 amide bonds. The quantitative estimate of drug-likeness (QED) is 0.728. The van der Waals surface area contributed by atoms with Gasteiger partial charge in [0.15, 0.2) is 0 Å². The van der Waals surface area contributed by atoms with Gasteiger partial charge >= 0.3 is 0 Å². The minimum Gasteiger partial charge on any atom is -0.377 e. The lowest BCUT2D eigenvalue weighted by Gasteiger charge is -2.11. The molecule has 0 aliphatic carbocycles. The summed E-state index contributed by atoms with van der Waals surface area (Å²) in [7, 11) is 0. The van der Waals surface area contributed by atoms with E-state index in [-0.39, 0.29) is 0 Å². The Balaban J connectivity index is 1.94. The van der Waals surface area contributed by atoms with E-state index in [4.69, 9.17) is 4.74 Å². The molecule has 2 rings (SSSR count). The molecule has 2 aromatic rings. The minimum atomic E-state index is 0.661. The lowest BCUT2D eigenvalue weighted by molar-refractivity contribution is 0.133. The van der Waals surface area contributed by atoms with E-state index in [1.165, 1.54) is 11.1 Å². The first kappa shape index (κ1) is 16.6. The highest BCUT2D eigenvalue weighted by atomic mass is 79.9. The van der Waals surface area contributed by atoms with Gasteiger partial charge in [0.2, 0.25) is 0 Å². The Bertz CT molecular complexity index is 590. The van der Waals surface area contributed by atoms with Crippen LogP contribution in [0.1, 0.15) is 23.7 Å². The number of rotatable bonds is 7. The molecule has 0 saturated carbocycles. The Morgan fingerprint density at radius 1 is 1.14 bits per heavy atom. The van der Waals surface area contributed by atoms with Crippen LogP contribution in [-0.4, -0.2) is 11.6 Å². The summed E-state index contributed by atoms with van der Waals surface area (Å²) in [5.41, 5.74) is 3.49. The Hall–Kier alpha value is -0.750. The molecule has 1 aromatic carbocycles. The molecule has 0 fully saturated rings. The number of ether oxygens (including phenoxy) is 1. The van der Waals surface area contributed by atoms with Gasteiger partial charge in [0.25, 0.3) is 0 Å². The summed E-state index contributed by atoms with van der Waals surface area (Å²) in [6, 6.07) is 10.4. The molecule has 112 valence electrons. The first-order chi connectivity index (χ1) is 10.2. The average molecular weight is 414 g/mol. The summed E-state index contributed by atoms with van der Waals surface area (Å²) in [6.07, 6.45) is 1.81. The second-order valence-electron chi connectivity index (χ2n) is 4.59. The van der Waals surface area contributed by atoms with E-state index in [0.717, 1.165) is 34.3 Å². The summed E-state index contributed by atoms with van der Waals surface area (Å²) < 4.78 is 7.48. The van der Waals surface area contributed by atoms with Crippen molar-refractivity contribution in [3.63, 3.8) is 0 Å². The zero-order chi connectivity index (χ0) is 15.1.